The SMILES string of the molecule is CCCCC(CC)COC(=O)C(C#N)=C1Sc2c(OC)c3c(c(OC)c2S1)SC(=C(C#N)C(=O)OCC(CC)CCCC)S3. The Morgan fingerprint density at radius 3 is 1.25 bits per heavy atom. The predicted octanol–water partition coefficient (Wildman–Crippen LogP) is 9.09. The molecule has 238 valence electrons. The van der Waals surface area contributed by atoms with Crippen molar-refractivity contribution in [3.05, 3.63) is 19.6 Å². The quantitative estimate of drug-likeness (QED) is 0.0944. The van der Waals surface area contributed by atoms with Crippen LogP contribution in [0.2, 0.25) is 0 Å². The van der Waals surface area contributed by atoms with Gasteiger partial charge in [0.2, 0.25) is 0 Å². The van der Waals surface area contributed by atoms with Crippen LogP contribution in [0.5, 0.6) is 11.5 Å². The lowest BCUT2D eigenvalue weighted by atomic mass is 10.0. The van der Waals surface area contributed by atoms with Crippen molar-refractivity contribution in [3.8, 4) is 23.6 Å². The van der Waals surface area contributed by atoms with Crippen LogP contribution in [0.4, 0.5) is 0 Å². The van der Waals surface area contributed by atoms with Gasteiger partial charge in [0.05, 0.1) is 55.5 Å². The first-order chi connectivity index (χ1) is 21.3. The zero-order chi connectivity index (χ0) is 32.2. The Morgan fingerprint density at radius 1 is 0.659 bits per heavy atom. The smallest absolute Gasteiger partial charge is 0.350 e. The van der Waals surface area contributed by atoms with Crippen LogP contribution in [0.25, 0.3) is 0 Å². The Bertz CT molecular complexity index is 1230. The predicted molar refractivity (Wildman–Crippen MR) is 177 cm³/mol. The van der Waals surface area contributed by atoms with Gasteiger partial charge in [0, 0.05) is 0 Å². The molecule has 44 heavy (non-hydrogen) atoms. The Labute approximate surface area is 278 Å². The number of nitriles is 2. The summed E-state index contributed by atoms with van der Waals surface area (Å²) in [6, 6.07) is 4.10. The molecular weight excluding hydrogens is 637 g/mol. The summed E-state index contributed by atoms with van der Waals surface area (Å²) in [4.78, 5) is 28.9. The Kier molecular flexibility index (Phi) is 14.7. The minimum Gasteiger partial charge on any atom is -0.494 e. The average molecular weight is 677 g/mol. The third-order valence-electron chi connectivity index (χ3n) is 7.45. The summed E-state index contributed by atoms with van der Waals surface area (Å²) in [5.74, 6) is 0.304. The first kappa shape index (κ1) is 36.1. The summed E-state index contributed by atoms with van der Waals surface area (Å²) in [5, 5.41) is 19.9. The molecule has 0 fully saturated rings. The van der Waals surface area contributed by atoms with E-state index in [1.54, 1.807) is 14.2 Å². The van der Waals surface area contributed by atoms with Crippen LogP contribution in [0, 0.1) is 34.5 Å². The van der Waals surface area contributed by atoms with Crippen LogP contribution >= 0.6 is 47.0 Å². The Hall–Kier alpha value is -2.38. The van der Waals surface area contributed by atoms with Crippen molar-refractivity contribution in [1.29, 1.82) is 10.5 Å². The minimum atomic E-state index is -0.637. The second-order valence-electron chi connectivity index (χ2n) is 10.4. The molecule has 0 aliphatic carbocycles. The molecule has 2 heterocycles. The van der Waals surface area contributed by atoms with E-state index in [1.807, 2.05) is 12.1 Å². The number of carbonyl (C=O) groups excluding carboxylic acids is 2. The summed E-state index contributed by atoms with van der Waals surface area (Å²) in [6.45, 7) is 8.96. The molecule has 0 N–H and O–H groups in total. The van der Waals surface area contributed by atoms with Crippen LogP contribution in [0.3, 0.4) is 0 Å². The molecule has 3 rings (SSSR count). The van der Waals surface area contributed by atoms with E-state index in [2.05, 4.69) is 27.7 Å². The number of hydrogen-bond donors (Lipinski definition) is 0. The topological polar surface area (TPSA) is 119 Å². The highest BCUT2D eigenvalue weighted by atomic mass is 32.2. The number of carbonyl (C=O) groups is 2. The Balaban J connectivity index is 1.88. The Morgan fingerprint density at radius 2 is 1.00 bits per heavy atom. The first-order valence-corrected chi connectivity index (χ1v) is 18.2. The molecule has 1 aromatic rings. The van der Waals surface area contributed by atoms with E-state index in [0.717, 1.165) is 51.4 Å². The summed E-state index contributed by atoms with van der Waals surface area (Å²) >= 11 is 5.03. The van der Waals surface area contributed by atoms with Crippen LogP contribution in [-0.2, 0) is 19.1 Å². The summed E-state index contributed by atoms with van der Waals surface area (Å²) in [6.07, 6.45) is 8.03. The maximum absolute atomic E-state index is 13.0. The van der Waals surface area contributed by atoms with E-state index in [-0.39, 0.29) is 36.2 Å². The molecular formula is C32H40N2O6S4. The van der Waals surface area contributed by atoms with E-state index in [0.29, 0.717) is 39.6 Å². The lowest BCUT2D eigenvalue weighted by molar-refractivity contribution is -0.140. The van der Waals surface area contributed by atoms with E-state index < -0.39 is 11.9 Å². The molecule has 0 aromatic heterocycles. The van der Waals surface area contributed by atoms with E-state index >= 15 is 0 Å². The summed E-state index contributed by atoms with van der Waals surface area (Å²) in [5.41, 5.74) is -0.101. The highest BCUT2D eigenvalue weighted by Crippen LogP contribution is 2.68. The fraction of sp³-hybridized carbons (Fsp3) is 0.562. The van der Waals surface area contributed by atoms with Crippen LogP contribution in [0.1, 0.15) is 79.1 Å². The van der Waals surface area contributed by atoms with Gasteiger partial charge in [-0.2, -0.15) is 10.5 Å². The largest absolute Gasteiger partial charge is 0.494 e. The second-order valence-corrected chi connectivity index (χ2v) is 15.0. The normalized spacial score (nSPS) is 14.5. The molecule has 2 atom stereocenters. The van der Waals surface area contributed by atoms with Crippen molar-refractivity contribution >= 4 is 59.0 Å². The third-order valence-corrected chi connectivity index (χ3v) is 12.6. The standard InChI is InChI=1S/C32H40N2O6S4/c1-7-11-13-19(9-3)17-39-29(35)21(15-33)31-41-25-23(37-5)27-28(24(38-6)26(25)42-31)44-32(43-27)22(16-34)30(36)40-18-20(10-4)14-12-8-2/h19-20H,7-14,17-18H2,1-6H3. The van der Waals surface area contributed by atoms with Gasteiger partial charge in [-0.15, -0.1) is 0 Å². The minimum absolute atomic E-state index is 0.0504. The number of esters is 2. The van der Waals surface area contributed by atoms with E-state index in [1.165, 1.54) is 47.0 Å². The number of rotatable bonds is 16. The molecule has 8 nitrogen and oxygen atoms in total. The van der Waals surface area contributed by atoms with Crippen LogP contribution in [-0.4, -0.2) is 39.4 Å². The van der Waals surface area contributed by atoms with Crippen molar-refractivity contribution < 1.29 is 28.5 Å². The van der Waals surface area contributed by atoms with Gasteiger partial charge in [0.25, 0.3) is 0 Å². The molecule has 0 radical (unpaired) electrons. The van der Waals surface area contributed by atoms with Gasteiger partial charge in [0.15, 0.2) is 11.1 Å². The maximum Gasteiger partial charge on any atom is 0.350 e. The number of fused-ring (bicyclic) bond motifs is 2. The van der Waals surface area contributed by atoms with Crippen molar-refractivity contribution in [3.63, 3.8) is 0 Å². The number of thioether (sulfide) groups is 4. The van der Waals surface area contributed by atoms with Gasteiger partial charge in [0.1, 0.15) is 23.6 Å². The van der Waals surface area contributed by atoms with Gasteiger partial charge < -0.3 is 18.9 Å². The van der Waals surface area contributed by atoms with Gasteiger partial charge in [-0.25, -0.2) is 9.59 Å². The molecule has 12 heteroatoms. The lowest BCUT2D eigenvalue weighted by Gasteiger charge is -2.14. The van der Waals surface area contributed by atoms with Crippen molar-refractivity contribution in [2.75, 3.05) is 27.4 Å². The van der Waals surface area contributed by atoms with Gasteiger partial charge in [-0.05, 0) is 24.7 Å². The molecule has 2 unspecified atom stereocenters. The second kappa shape index (κ2) is 17.9. The third kappa shape index (κ3) is 8.45. The first-order valence-electron chi connectivity index (χ1n) is 15.0. The lowest BCUT2D eigenvalue weighted by Crippen LogP contribution is -2.15. The highest BCUT2D eigenvalue weighted by molar-refractivity contribution is 8.26. The number of benzene rings is 1. The van der Waals surface area contributed by atoms with Gasteiger partial charge in [-0.1, -0.05) is 113 Å². The van der Waals surface area contributed by atoms with Crippen molar-refractivity contribution in [2.45, 2.75) is 98.6 Å². The molecule has 0 spiro atoms. The monoisotopic (exact) mass is 676 g/mol. The fourth-order valence-electron chi connectivity index (χ4n) is 4.65. The molecule has 0 saturated carbocycles. The van der Waals surface area contributed by atoms with Crippen molar-refractivity contribution in [2.24, 2.45) is 11.8 Å². The summed E-state index contributed by atoms with van der Waals surface area (Å²) < 4.78 is 23.8. The van der Waals surface area contributed by atoms with Crippen LogP contribution in [0.15, 0.2) is 39.2 Å². The number of unbranched alkanes of at least 4 members (excludes halogenated alkanes) is 2. The van der Waals surface area contributed by atoms with E-state index in [4.69, 9.17) is 18.9 Å². The zero-order valence-electron chi connectivity index (χ0n) is 26.2. The highest BCUT2D eigenvalue weighted by Gasteiger charge is 2.39. The molecule has 2 aliphatic rings. The average Bonchev–Trinajstić information content (AvgIpc) is 3.65. The fourth-order valence-corrected chi connectivity index (χ4v) is 10.1. The number of hydrogen-bond acceptors (Lipinski definition) is 12. The molecule has 0 bridgehead atoms. The maximum atomic E-state index is 13.0. The van der Waals surface area contributed by atoms with Gasteiger partial charge in [-0.3, -0.25) is 0 Å². The molecule has 0 amide bonds. The molecule has 2 aliphatic heterocycles. The molecule has 0 saturated heterocycles. The van der Waals surface area contributed by atoms with Crippen molar-refractivity contribution in [1.82, 2.24) is 0 Å². The van der Waals surface area contributed by atoms with Gasteiger partial charge >= 0.3 is 11.9 Å². The van der Waals surface area contributed by atoms with E-state index in [9.17, 15) is 20.1 Å². The number of ether oxygens (including phenoxy) is 4. The molecule has 1 aromatic carbocycles. The number of methoxy groups -OCH3 is 2. The summed E-state index contributed by atoms with van der Waals surface area (Å²) in [7, 11) is 3.09. The zero-order valence-corrected chi connectivity index (χ0v) is 29.5. The van der Waals surface area contributed by atoms with Crippen LogP contribution < -0.4 is 9.47 Å². The number of nitrogens with zero attached hydrogens (tertiary/aromatic N) is 2.